The second-order valence-corrected chi connectivity index (χ2v) is 6.34. The molecule has 2 rings (SSSR count). The Hall–Kier alpha value is -1.26. The van der Waals surface area contributed by atoms with E-state index in [4.69, 9.17) is 21.1 Å². The van der Waals surface area contributed by atoms with Gasteiger partial charge in [0.2, 0.25) is 0 Å². The SMILES string of the molecule is CC(C)(OC(=O)COc1ccccc1Cl)C1CC[NH2+]CC1. The lowest BCUT2D eigenvalue weighted by atomic mass is 9.83. The summed E-state index contributed by atoms with van der Waals surface area (Å²) < 4.78 is 11.0. The van der Waals surface area contributed by atoms with Crippen LogP contribution in [-0.4, -0.2) is 31.3 Å². The van der Waals surface area contributed by atoms with E-state index in [2.05, 4.69) is 5.32 Å². The molecular formula is C16H23ClNO3+. The molecule has 0 aliphatic carbocycles. The highest BCUT2D eigenvalue weighted by Gasteiger charge is 2.35. The summed E-state index contributed by atoms with van der Waals surface area (Å²) in [5.74, 6) is 0.558. The zero-order valence-corrected chi connectivity index (χ0v) is 13.4. The largest absolute Gasteiger partial charge is 0.480 e. The third kappa shape index (κ3) is 4.61. The number of hydrogen-bond acceptors (Lipinski definition) is 3. The Morgan fingerprint density at radius 2 is 2.00 bits per heavy atom. The Balaban J connectivity index is 1.84. The maximum Gasteiger partial charge on any atom is 0.344 e. The van der Waals surface area contributed by atoms with Crippen molar-refractivity contribution in [1.82, 2.24) is 0 Å². The first-order valence-electron chi connectivity index (χ1n) is 7.40. The van der Waals surface area contributed by atoms with Gasteiger partial charge in [-0.05, 0) is 26.0 Å². The van der Waals surface area contributed by atoms with Crippen LogP contribution in [0.3, 0.4) is 0 Å². The van der Waals surface area contributed by atoms with Crippen LogP contribution in [0.15, 0.2) is 24.3 Å². The second-order valence-electron chi connectivity index (χ2n) is 5.94. The summed E-state index contributed by atoms with van der Waals surface area (Å²) in [6.07, 6.45) is 2.15. The summed E-state index contributed by atoms with van der Waals surface area (Å²) in [5.41, 5.74) is -0.449. The fourth-order valence-electron chi connectivity index (χ4n) is 2.73. The molecule has 1 saturated heterocycles. The Morgan fingerprint density at radius 3 is 2.67 bits per heavy atom. The third-order valence-corrected chi connectivity index (χ3v) is 4.29. The number of rotatable bonds is 5. The van der Waals surface area contributed by atoms with Gasteiger partial charge in [-0.25, -0.2) is 4.79 Å². The first kappa shape index (κ1) is 16.1. The first-order chi connectivity index (χ1) is 9.99. The van der Waals surface area contributed by atoms with Crippen molar-refractivity contribution < 1.29 is 19.6 Å². The third-order valence-electron chi connectivity index (χ3n) is 3.98. The van der Waals surface area contributed by atoms with Gasteiger partial charge < -0.3 is 14.8 Å². The van der Waals surface area contributed by atoms with Crippen LogP contribution in [0, 0.1) is 5.92 Å². The quantitative estimate of drug-likeness (QED) is 0.846. The molecule has 0 spiro atoms. The number of benzene rings is 1. The molecule has 1 aliphatic heterocycles. The van der Waals surface area contributed by atoms with Crippen LogP contribution in [0.2, 0.25) is 5.02 Å². The molecule has 4 nitrogen and oxygen atoms in total. The average molecular weight is 313 g/mol. The number of ether oxygens (including phenoxy) is 2. The van der Waals surface area contributed by atoms with Crippen molar-refractivity contribution in [3.05, 3.63) is 29.3 Å². The minimum Gasteiger partial charge on any atom is -0.480 e. The zero-order chi connectivity index (χ0) is 15.3. The van der Waals surface area contributed by atoms with Crippen molar-refractivity contribution in [2.45, 2.75) is 32.3 Å². The lowest BCUT2D eigenvalue weighted by Crippen LogP contribution is -2.86. The predicted molar refractivity (Wildman–Crippen MR) is 81.5 cm³/mol. The zero-order valence-electron chi connectivity index (χ0n) is 12.6. The lowest BCUT2D eigenvalue weighted by Gasteiger charge is -2.35. The van der Waals surface area contributed by atoms with Gasteiger partial charge in [0.05, 0.1) is 18.1 Å². The molecule has 0 amide bonds. The van der Waals surface area contributed by atoms with E-state index in [-0.39, 0.29) is 12.6 Å². The number of esters is 1. The lowest BCUT2D eigenvalue weighted by molar-refractivity contribution is -0.665. The molecule has 0 unspecified atom stereocenters. The maximum atomic E-state index is 12.0. The monoisotopic (exact) mass is 312 g/mol. The highest BCUT2D eigenvalue weighted by molar-refractivity contribution is 6.32. The standard InChI is InChI=1S/C16H22ClNO3/c1-16(2,12-7-9-18-10-8-12)21-15(19)11-20-14-6-4-3-5-13(14)17/h3-6,12,18H,7-11H2,1-2H3/p+1. The summed E-state index contributed by atoms with van der Waals surface area (Å²) in [5, 5.41) is 2.79. The molecule has 5 heteroatoms. The minimum absolute atomic E-state index is 0.119. The molecule has 21 heavy (non-hydrogen) atoms. The van der Waals surface area contributed by atoms with Crippen LogP contribution < -0.4 is 10.1 Å². The molecule has 1 heterocycles. The van der Waals surface area contributed by atoms with Gasteiger partial charge >= 0.3 is 5.97 Å². The van der Waals surface area contributed by atoms with Crippen LogP contribution in [0.25, 0.3) is 0 Å². The molecule has 0 radical (unpaired) electrons. The van der Waals surface area contributed by atoms with Crippen LogP contribution in [0.5, 0.6) is 5.75 Å². The molecule has 0 bridgehead atoms. The smallest absolute Gasteiger partial charge is 0.344 e. The molecular weight excluding hydrogens is 290 g/mol. The van der Waals surface area contributed by atoms with Crippen molar-refractivity contribution in [2.75, 3.05) is 19.7 Å². The van der Waals surface area contributed by atoms with Crippen LogP contribution >= 0.6 is 11.6 Å². The van der Waals surface area contributed by atoms with Crippen molar-refractivity contribution in [1.29, 1.82) is 0 Å². The molecule has 2 N–H and O–H groups in total. The molecule has 1 aromatic rings. The van der Waals surface area contributed by atoms with Crippen LogP contribution in [-0.2, 0) is 9.53 Å². The summed E-state index contributed by atoms with van der Waals surface area (Å²) in [7, 11) is 0. The summed E-state index contributed by atoms with van der Waals surface area (Å²) in [6, 6.07) is 7.09. The number of quaternary nitrogens is 1. The van der Waals surface area contributed by atoms with E-state index in [1.807, 2.05) is 26.0 Å². The molecule has 116 valence electrons. The molecule has 0 atom stereocenters. The van der Waals surface area contributed by atoms with E-state index in [1.54, 1.807) is 12.1 Å². The van der Waals surface area contributed by atoms with Gasteiger partial charge in [0.1, 0.15) is 11.4 Å². The first-order valence-corrected chi connectivity index (χ1v) is 7.77. The number of carbonyl (C=O) groups excluding carboxylic acids is 1. The van der Waals surface area contributed by atoms with Gasteiger partial charge in [0, 0.05) is 18.8 Å². The summed E-state index contributed by atoms with van der Waals surface area (Å²) >= 11 is 5.98. The van der Waals surface area contributed by atoms with E-state index in [1.165, 1.54) is 0 Å². The Labute approximate surface area is 130 Å². The number of hydrogen-bond donors (Lipinski definition) is 1. The molecule has 1 fully saturated rings. The normalized spacial score (nSPS) is 16.5. The van der Waals surface area contributed by atoms with Gasteiger partial charge in [-0.3, -0.25) is 0 Å². The topological polar surface area (TPSA) is 52.1 Å². The maximum absolute atomic E-state index is 12.0. The predicted octanol–water partition coefficient (Wildman–Crippen LogP) is 2.01. The summed E-state index contributed by atoms with van der Waals surface area (Å²) in [6.45, 7) is 6.04. The number of nitrogens with two attached hydrogens (primary N) is 1. The second kappa shape index (κ2) is 7.14. The summed E-state index contributed by atoms with van der Waals surface area (Å²) in [4.78, 5) is 12.0. The van der Waals surface area contributed by atoms with Crippen molar-refractivity contribution in [3.63, 3.8) is 0 Å². The number of carbonyl (C=O) groups is 1. The highest BCUT2D eigenvalue weighted by atomic mass is 35.5. The minimum atomic E-state index is -0.449. The van der Waals surface area contributed by atoms with E-state index in [9.17, 15) is 4.79 Å². The van der Waals surface area contributed by atoms with Gasteiger partial charge in [-0.15, -0.1) is 0 Å². The van der Waals surface area contributed by atoms with Crippen LogP contribution in [0.1, 0.15) is 26.7 Å². The number of halogens is 1. The van der Waals surface area contributed by atoms with Gasteiger partial charge in [0.15, 0.2) is 6.61 Å². The molecule has 1 aromatic carbocycles. The number of para-hydroxylation sites is 1. The van der Waals surface area contributed by atoms with Crippen LogP contribution in [0.4, 0.5) is 0 Å². The average Bonchev–Trinajstić information content (AvgIpc) is 2.47. The fraction of sp³-hybridized carbons (Fsp3) is 0.562. The number of piperidine rings is 1. The highest BCUT2D eigenvalue weighted by Crippen LogP contribution is 2.28. The van der Waals surface area contributed by atoms with E-state index >= 15 is 0 Å². The van der Waals surface area contributed by atoms with Gasteiger partial charge in [-0.2, -0.15) is 0 Å². The Morgan fingerprint density at radius 1 is 1.33 bits per heavy atom. The Bertz CT molecular complexity index is 484. The molecule has 0 aromatic heterocycles. The van der Waals surface area contributed by atoms with Gasteiger partial charge in [-0.1, -0.05) is 23.7 Å². The Kier molecular flexibility index (Phi) is 5.48. The van der Waals surface area contributed by atoms with Gasteiger partial charge in [0.25, 0.3) is 0 Å². The van der Waals surface area contributed by atoms with Crippen molar-refractivity contribution in [2.24, 2.45) is 5.92 Å². The van der Waals surface area contributed by atoms with E-state index in [0.29, 0.717) is 16.7 Å². The molecule has 1 aliphatic rings. The van der Waals surface area contributed by atoms with Crippen molar-refractivity contribution in [3.8, 4) is 5.75 Å². The van der Waals surface area contributed by atoms with E-state index in [0.717, 1.165) is 25.9 Å². The van der Waals surface area contributed by atoms with Crippen molar-refractivity contribution >= 4 is 17.6 Å². The molecule has 0 saturated carbocycles. The van der Waals surface area contributed by atoms with E-state index < -0.39 is 5.60 Å². The fourth-order valence-corrected chi connectivity index (χ4v) is 2.92.